The average Bonchev–Trinajstić information content (AvgIpc) is 2.53. The molecule has 6 nitrogen and oxygen atoms in total. The minimum Gasteiger partial charge on any atom is -0.397 e. The van der Waals surface area contributed by atoms with Crippen molar-refractivity contribution < 1.29 is 13.2 Å². The molecule has 0 aromatic heterocycles. The smallest absolute Gasteiger partial charge is 0.238 e. The van der Waals surface area contributed by atoms with E-state index in [1.165, 1.54) is 12.1 Å². The van der Waals surface area contributed by atoms with Crippen LogP contribution in [0.4, 0.5) is 11.4 Å². The van der Waals surface area contributed by atoms with Gasteiger partial charge in [0.05, 0.1) is 22.4 Å². The number of rotatable bonds is 2. The Morgan fingerprint density at radius 2 is 2.16 bits per heavy atom. The van der Waals surface area contributed by atoms with Crippen LogP contribution in [0, 0.1) is 0 Å². The van der Waals surface area contributed by atoms with Gasteiger partial charge >= 0.3 is 0 Å². The van der Waals surface area contributed by atoms with Crippen molar-refractivity contribution >= 4 is 21.4 Å². The van der Waals surface area contributed by atoms with Crippen LogP contribution in [0.5, 0.6) is 0 Å². The van der Waals surface area contributed by atoms with Crippen LogP contribution in [0.3, 0.4) is 0 Å². The lowest BCUT2D eigenvalue weighted by molar-refractivity contribution is 0.0821. The molecule has 1 aromatic rings. The zero-order chi connectivity index (χ0) is 14.0. The van der Waals surface area contributed by atoms with Gasteiger partial charge in [0.1, 0.15) is 0 Å². The van der Waals surface area contributed by atoms with E-state index in [0.717, 1.165) is 13.0 Å². The third kappa shape index (κ3) is 3.37. The molecule has 7 heteroatoms. The molecular weight excluding hydrogens is 266 g/mol. The van der Waals surface area contributed by atoms with E-state index < -0.39 is 10.0 Å². The maximum absolute atomic E-state index is 11.4. The van der Waals surface area contributed by atoms with Crippen molar-refractivity contribution in [2.75, 3.05) is 30.3 Å². The second-order valence-corrected chi connectivity index (χ2v) is 6.31. The lowest BCUT2D eigenvalue weighted by Crippen LogP contribution is -2.31. The fourth-order valence-corrected chi connectivity index (χ4v) is 2.72. The monoisotopic (exact) mass is 285 g/mol. The van der Waals surface area contributed by atoms with Crippen molar-refractivity contribution in [1.29, 1.82) is 0 Å². The Morgan fingerprint density at radius 1 is 1.42 bits per heavy atom. The van der Waals surface area contributed by atoms with Gasteiger partial charge < -0.3 is 15.4 Å². The van der Waals surface area contributed by atoms with Gasteiger partial charge in [-0.1, -0.05) is 0 Å². The largest absolute Gasteiger partial charge is 0.397 e. The summed E-state index contributed by atoms with van der Waals surface area (Å²) < 4.78 is 28.4. The molecule has 0 saturated carbocycles. The van der Waals surface area contributed by atoms with Gasteiger partial charge in [-0.3, -0.25) is 0 Å². The van der Waals surface area contributed by atoms with E-state index in [0.29, 0.717) is 24.5 Å². The van der Waals surface area contributed by atoms with Crippen molar-refractivity contribution in [2.24, 2.45) is 5.14 Å². The first-order chi connectivity index (χ1) is 8.88. The van der Waals surface area contributed by atoms with Crippen LogP contribution in [-0.2, 0) is 14.8 Å². The second-order valence-electron chi connectivity index (χ2n) is 4.75. The molecule has 1 saturated heterocycles. The molecule has 1 atom stereocenters. The van der Waals surface area contributed by atoms with E-state index >= 15 is 0 Å². The van der Waals surface area contributed by atoms with Crippen LogP contribution in [0.25, 0.3) is 0 Å². The minimum atomic E-state index is -3.72. The number of primary sulfonamides is 1. The Hall–Kier alpha value is -1.31. The van der Waals surface area contributed by atoms with Crippen molar-refractivity contribution in [3.63, 3.8) is 0 Å². The standard InChI is InChI=1S/C12H19N3O3S/c1-9-8-15(5-2-6-18-9)12-7-10(19(14,16)17)3-4-11(12)13/h3-4,7,9H,2,5-6,8,13H2,1H3,(H2,14,16,17). The van der Waals surface area contributed by atoms with Crippen LogP contribution in [-0.4, -0.2) is 34.2 Å². The molecule has 0 bridgehead atoms. The fraction of sp³-hybridized carbons (Fsp3) is 0.500. The number of benzene rings is 1. The molecule has 0 amide bonds. The van der Waals surface area contributed by atoms with Gasteiger partial charge in [0.25, 0.3) is 0 Å². The Labute approximate surface area is 113 Å². The molecule has 0 spiro atoms. The van der Waals surface area contributed by atoms with Gasteiger partial charge in [-0.15, -0.1) is 0 Å². The Bertz CT molecular complexity index is 559. The van der Waals surface area contributed by atoms with Crippen molar-refractivity contribution in [1.82, 2.24) is 0 Å². The van der Waals surface area contributed by atoms with Crippen molar-refractivity contribution in [3.8, 4) is 0 Å². The van der Waals surface area contributed by atoms with Gasteiger partial charge in [0.2, 0.25) is 10.0 Å². The summed E-state index contributed by atoms with van der Waals surface area (Å²) in [7, 11) is -3.72. The average molecular weight is 285 g/mol. The summed E-state index contributed by atoms with van der Waals surface area (Å²) in [4.78, 5) is 2.12. The number of ether oxygens (including phenoxy) is 1. The van der Waals surface area contributed by atoms with Gasteiger partial charge in [-0.2, -0.15) is 0 Å². The topological polar surface area (TPSA) is 98.7 Å². The number of hydrogen-bond acceptors (Lipinski definition) is 5. The lowest BCUT2D eigenvalue weighted by atomic mass is 10.2. The number of hydrogen-bond donors (Lipinski definition) is 2. The molecule has 0 radical (unpaired) electrons. The zero-order valence-corrected chi connectivity index (χ0v) is 11.7. The van der Waals surface area contributed by atoms with Crippen LogP contribution in [0.1, 0.15) is 13.3 Å². The fourth-order valence-electron chi connectivity index (χ4n) is 2.19. The van der Waals surface area contributed by atoms with Crippen LogP contribution in [0.15, 0.2) is 23.1 Å². The number of anilines is 2. The first-order valence-corrected chi connectivity index (χ1v) is 7.71. The van der Waals surface area contributed by atoms with Crippen LogP contribution < -0.4 is 15.8 Å². The highest BCUT2D eigenvalue weighted by atomic mass is 32.2. The quantitative estimate of drug-likeness (QED) is 0.772. The molecule has 2 rings (SSSR count). The molecule has 1 aliphatic heterocycles. The third-order valence-corrected chi connectivity index (χ3v) is 4.03. The predicted octanol–water partition coefficient (Wildman–Crippen LogP) is 0.531. The van der Waals surface area contributed by atoms with E-state index in [1.807, 2.05) is 11.8 Å². The van der Waals surface area contributed by atoms with Crippen molar-refractivity contribution in [2.45, 2.75) is 24.3 Å². The number of nitrogens with two attached hydrogens (primary N) is 2. The molecule has 0 aliphatic carbocycles. The molecule has 1 heterocycles. The molecule has 106 valence electrons. The first-order valence-electron chi connectivity index (χ1n) is 6.17. The van der Waals surface area contributed by atoms with Gasteiger partial charge in [0, 0.05) is 19.7 Å². The summed E-state index contributed by atoms with van der Waals surface area (Å²) in [5.41, 5.74) is 7.18. The van der Waals surface area contributed by atoms with Gasteiger partial charge in [-0.25, -0.2) is 13.6 Å². The number of nitrogen functional groups attached to an aromatic ring is 1. The molecule has 4 N–H and O–H groups in total. The molecule has 19 heavy (non-hydrogen) atoms. The molecule has 1 aromatic carbocycles. The Kier molecular flexibility index (Phi) is 3.98. The van der Waals surface area contributed by atoms with E-state index in [2.05, 4.69) is 0 Å². The van der Waals surface area contributed by atoms with Crippen LogP contribution in [0.2, 0.25) is 0 Å². The maximum Gasteiger partial charge on any atom is 0.238 e. The third-order valence-electron chi connectivity index (χ3n) is 3.12. The summed E-state index contributed by atoms with van der Waals surface area (Å²) >= 11 is 0. The van der Waals surface area contributed by atoms with E-state index in [4.69, 9.17) is 15.6 Å². The van der Waals surface area contributed by atoms with Gasteiger partial charge in [0.15, 0.2) is 0 Å². The summed E-state index contributed by atoms with van der Waals surface area (Å²) in [6, 6.07) is 4.53. The zero-order valence-electron chi connectivity index (χ0n) is 10.9. The van der Waals surface area contributed by atoms with Gasteiger partial charge in [-0.05, 0) is 31.5 Å². The molecule has 1 fully saturated rings. The Morgan fingerprint density at radius 3 is 2.84 bits per heavy atom. The van der Waals surface area contributed by atoms with Crippen LogP contribution >= 0.6 is 0 Å². The summed E-state index contributed by atoms with van der Waals surface area (Å²) in [5, 5.41) is 5.15. The molecule has 1 aliphatic rings. The van der Waals surface area contributed by atoms with E-state index in [9.17, 15) is 8.42 Å². The highest BCUT2D eigenvalue weighted by Gasteiger charge is 2.19. The number of sulfonamides is 1. The maximum atomic E-state index is 11.4. The van der Waals surface area contributed by atoms with Crippen molar-refractivity contribution in [3.05, 3.63) is 18.2 Å². The second kappa shape index (κ2) is 5.36. The summed E-state index contributed by atoms with van der Waals surface area (Å²) in [5.74, 6) is 0. The molecular formula is C12H19N3O3S. The predicted molar refractivity (Wildman–Crippen MR) is 74.5 cm³/mol. The lowest BCUT2D eigenvalue weighted by Gasteiger charge is -2.26. The normalized spacial score (nSPS) is 21.2. The summed E-state index contributed by atoms with van der Waals surface area (Å²) in [6.07, 6.45) is 0.962. The summed E-state index contributed by atoms with van der Waals surface area (Å²) in [6.45, 7) is 4.14. The number of nitrogens with zero attached hydrogens (tertiary/aromatic N) is 1. The molecule has 1 unspecified atom stereocenters. The van der Waals surface area contributed by atoms with E-state index in [-0.39, 0.29) is 11.0 Å². The SMILES string of the molecule is CC1CN(c2cc(S(N)(=O)=O)ccc2N)CCCO1. The highest BCUT2D eigenvalue weighted by molar-refractivity contribution is 7.89. The highest BCUT2D eigenvalue weighted by Crippen LogP contribution is 2.27. The minimum absolute atomic E-state index is 0.0783. The van der Waals surface area contributed by atoms with E-state index in [1.54, 1.807) is 6.07 Å². The Balaban J connectivity index is 2.37. The first kappa shape index (κ1) is 14.1.